The van der Waals surface area contributed by atoms with E-state index < -0.39 is 44.4 Å². The van der Waals surface area contributed by atoms with Gasteiger partial charge in [-0.25, -0.2) is 21.6 Å². The minimum atomic E-state index is -4.28. The summed E-state index contributed by atoms with van der Waals surface area (Å²) in [4.78, 5) is 11.7. The van der Waals surface area contributed by atoms with Gasteiger partial charge in [0.15, 0.2) is 11.6 Å². The van der Waals surface area contributed by atoms with Gasteiger partial charge in [-0.15, -0.1) is 0 Å². The van der Waals surface area contributed by atoms with Crippen LogP contribution >= 0.6 is 11.6 Å². The highest BCUT2D eigenvalue weighted by molar-refractivity contribution is 7.89. The summed E-state index contributed by atoms with van der Waals surface area (Å²) in [5.74, 6) is -4.36. The first-order valence-corrected chi connectivity index (χ1v) is 10.3. The van der Waals surface area contributed by atoms with E-state index in [1.807, 2.05) is 0 Å². The van der Waals surface area contributed by atoms with Crippen molar-refractivity contribution in [3.63, 3.8) is 0 Å². The molecule has 6 nitrogen and oxygen atoms in total. The predicted octanol–water partition coefficient (Wildman–Crippen LogP) is 3.16. The first-order valence-electron chi connectivity index (χ1n) is 8.53. The monoisotopic (exact) mass is 448 g/mol. The highest BCUT2D eigenvalue weighted by Crippen LogP contribution is 2.28. The SMILES string of the molecule is O=C(Nc1ccc(F)c(F)c1)c1cc(S(=O)(=O)N2CCC(O)CC2)c(F)cc1Cl. The number of nitrogens with one attached hydrogen (secondary N) is 1. The van der Waals surface area contributed by atoms with Gasteiger partial charge in [-0.2, -0.15) is 4.31 Å². The number of carbonyl (C=O) groups excluding carboxylic acids is 1. The summed E-state index contributed by atoms with van der Waals surface area (Å²) >= 11 is 5.90. The van der Waals surface area contributed by atoms with Gasteiger partial charge in [0.25, 0.3) is 5.91 Å². The number of hydrogen-bond acceptors (Lipinski definition) is 4. The average molecular weight is 449 g/mol. The molecule has 2 aromatic rings. The van der Waals surface area contributed by atoms with E-state index in [9.17, 15) is 31.5 Å². The van der Waals surface area contributed by atoms with E-state index in [2.05, 4.69) is 5.32 Å². The summed E-state index contributed by atoms with van der Waals surface area (Å²) < 4.78 is 67.3. The van der Waals surface area contributed by atoms with Crippen LogP contribution in [0, 0.1) is 17.5 Å². The molecular formula is C18H16ClF3N2O4S. The molecule has 0 bridgehead atoms. The van der Waals surface area contributed by atoms with Crippen LogP contribution in [-0.4, -0.2) is 42.9 Å². The van der Waals surface area contributed by atoms with Gasteiger partial charge in [0.2, 0.25) is 10.0 Å². The molecule has 0 unspecified atom stereocenters. The van der Waals surface area contributed by atoms with Crippen molar-refractivity contribution in [1.29, 1.82) is 0 Å². The van der Waals surface area contributed by atoms with Crippen LogP contribution in [0.1, 0.15) is 23.2 Å². The molecule has 2 N–H and O–H groups in total. The lowest BCUT2D eigenvalue weighted by Crippen LogP contribution is -2.40. The molecule has 1 heterocycles. The summed E-state index contributed by atoms with van der Waals surface area (Å²) in [5.41, 5.74) is -0.447. The number of piperidine rings is 1. The number of aliphatic hydroxyl groups is 1. The van der Waals surface area contributed by atoms with Crippen LogP contribution in [0.15, 0.2) is 35.2 Å². The smallest absolute Gasteiger partial charge is 0.257 e. The van der Waals surface area contributed by atoms with Crippen molar-refractivity contribution in [1.82, 2.24) is 4.31 Å². The van der Waals surface area contributed by atoms with Gasteiger partial charge in [-0.3, -0.25) is 4.79 Å². The molecule has 1 aliphatic heterocycles. The van der Waals surface area contributed by atoms with Crippen LogP contribution in [0.3, 0.4) is 0 Å². The zero-order valence-corrected chi connectivity index (χ0v) is 16.4. The van der Waals surface area contributed by atoms with Gasteiger partial charge in [-0.1, -0.05) is 11.6 Å². The largest absolute Gasteiger partial charge is 0.393 e. The van der Waals surface area contributed by atoms with Crippen LogP contribution < -0.4 is 5.32 Å². The topological polar surface area (TPSA) is 86.7 Å². The molecule has 11 heteroatoms. The second-order valence-electron chi connectivity index (χ2n) is 6.48. The van der Waals surface area contributed by atoms with E-state index in [0.717, 1.165) is 28.6 Å². The third-order valence-electron chi connectivity index (χ3n) is 4.48. The summed E-state index contributed by atoms with van der Waals surface area (Å²) in [6.45, 7) is 0.00387. The third-order valence-corrected chi connectivity index (χ3v) is 6.71. The standard InChI is InChI=1S/C18H16ClF3N2O4S/c19-13-9-16(22)17(29(27,28)24-5-3-11(25)4-6-24)8-12(13)18(26)23-10-1-2-14(20)15(21)7-10/h1-2,7-9,11,25H,3-6H2,(H,23,26). The van der Waals surface area contributed by atoms with Gasteiger partial charge in [-0.05, 0) is 37.1 Å². The van der Waals surface area contributed by atoms with Crippen LogP contribution in [0.5, 0.6) is 0 Å². The van der Waals surface area contributed by atoms with Crippen molar-refractivity contribution >= 4 is 33.2 Å². The number of rotatable bonds is 4. The van der Waals surface area contributed by atoms with Crippen molar-refractivity contribution < 1.29 is 31.5 Å². The van der Waals surface area contributed by atoms with Crippen molar-refractivity contribution in [2.75, 3.05) is 18.4 Å². The maximum Gasteiger partial charge on any atom is 0.257 e. The van der Waals surface area contributed by atoms with E-state index >= 15 is 0 Å². The number of aliphatic hydroxyl groups excluding tert-OH is 1. The first kappa shape index (κ1) is 21.6. The minimum Gasteiger partial charge on any atom is -0.393 e. The fourth-order valence-electron chi connectivity index (χ4n) is 2.89. The highest BCUT2D eigenvalue weighted by atomic mass is 35.5. The molecule has 1 amide bonds. The second-order valence-corrected chi connectivity index (χ2v) is 8.79. The van der Waals surface area contributed by atoms with Gasteiger partial charge in [0, 0.05) is 24.8 Å². The minimum absolute atomic E-state index is 0.00194. The molecule has 29 heavy (non-hydrogen) atoms. The number of carbonyl (C=O) groups is 1. The summed E-state index contributed by atoms with van der Waals surface area (Å²) in [6, 6.07) is 4.14. The summed E-state index contributed by atoms with van der Waals surface area (Å²) in [5, 5.41) is 11.4. The zero-order valence-electron chi connectivity index (χ0n) is 14.8. The van der Waals surface area contributed by atoms with Crippen LogP contribution in [0.4, 0.5) is 18.9 Å². The Bertz CT molecular complexity index is 1060. The van der Waals surface area contributed by atoms with Gasteiger partial charge < -0.3 is 10.4 Å². The number of halogens is 4. The molecule has 0 saturated carbocycles. The maximum absolute atomic E-state index is 14.4. The molecule has 0 spiro atoms. The molecule has 0 atom stereocenters. The molecule has 0 aliphatic carbocycles. The molecule has 156 valence electrons. The molecule has 2 aromatic carbocycles. The van der Waals surface area contributed by atoms with E-state index in [-0.39, 0.29) is 42.2 Å². The first-order chi connectivity index (χ1) is 13.6. The normalized spacial score (nSPS) is 16.0. The molecule has 1 fully saturated rings. The number of hydrogen-bond donors (Lipinski definition) is 2. The lowest BCUT2D eigenvalue weighted by atomic mass is 10.1. The molecule has 1 aliphatic rings. The van der Waals surface area contributed by atoms with E-state index in [1.54, 1.807) is 0 Å². The summed E-state index contributed by atoms with van der Waals surface area (Å²) in [6.07, 6.45) is -0.218. The van der Waals surface area contributed by atoms with Crippen LogP contribution in [0.2, 0.25) is 5.02 Å². The Balaban J connectivity index is 1.92. The Morgan fingerprint density at radius 3 is 2.34 bits per heavy atom. The summed E-state index contributed by atoms with van der Waals surface area (Å²) in [7, 11) is -4.28. The van der Waals surface area contributed by atoms with Crippen molar-refractivity contribution in [3.8, 4) is 0 Å². The molecule has 3 rings (SSSR count). The lowest BCUT2D eigenvalue weighted by Gasteiger charge is -2.29. The Labute approximate surface area is 169 Å². The van der Waals surface area contributed by atoms with Crippen molar-refractivity contribution in [2.45, 2.75) is 23.8 Å². The second kappa shape index (κ2) is 8.31. The van der Waals surface area contributed by atoms with Crippen molar-refractivity contribution in [3.05, 3.63) is 58.4 Å². The number of nitrogens with zero attached hydrogens (tertiary/aromatic N) is 1. The number of benzene rings is 2. The molecule has 0 aromatic heterocycles. The average Bonchev–Trinajstić information content (AvgIpc) is 2.65. The van der Waals surface area contributed by atoms with Gasteiger partial charge in [0.05, 0.1) is 16.7 Å². The fraction of sp³-hybridized carbons (Fsp3) is 0.278. The highest BCUT2D eigenvalue weighted by Gasteiger charge is 2.32. The Morgan fingerprint density at radius 1 is 1.07 bits per heavy atom. The van der Waals surface area contributed by atoms with E-state index in [0.29, 0.717) is 6.07 Å². The Kier molecular flexibility index (Phi) is 6.18. The Morgan fingerprint density at radius 2 is 1.72 bits per heavy atom. The molecular weight excluding hydrogens is 433 g/mol. The lowest BCUT2D eigenvalue weighted by molar-refractivity contribution is 0.102. The third kappa shape index (κ3) is 4.55. The maximum atomic E-state index is 14.4. The molecule has 0 radical (unpaired) electrons. The number of amides is 1. The predicted molar refractivity (Wildman–Crippen MR) is 99.7 cm³/mol. The van der Waals surface area contributed by atoms with E-state index in [1.165, 1.54) is 0 Å². The van der Waals surface area contributed by atoms with Crippen molar-refractivity contribution in [2.24, 2.45) is 0 Å². The zero-order chi connectivity index (χ0) is 21.3. The molecule has 1 saturated heterocycles. The fourth-order valence-corrected chi connectivity index (χ4v) is 4.67. The quantitative estimate of drug-likeness (QED) is 0.752. The Hall–Kier alpha value is -2.14. The van der Waals surface area contributed by atoms with Gasteiger partial charge >= 0.3 is 0 Å². The van der Waals surface area contributed by atoms with E-state index in [4.69, 9.17) is 11.6 Å². The van der Waals surface area contributed by atoms with Gasteiger partial charge in [0.1, 0.15) is 10.7 Å². The van der Waals surface area contributed by atoms with Crippen LogP contribution in [0.25, 0.3) is 0 Å². The van der Waals surface area contributed by atoms with Crippen LogP contribution in [-0.2, 0) is 10.0 Å². The number of anilines is 1. The number of sulfonamides is 1.